The molecule has 3 aromatic carbocycles. The molecule has 0 aliphatic carbocycles. The number of furan rings is 1. The van der Waals surface area contributed by atoms with Crippen LogP contribution in [0.2, 0.25) is 0 Å². The number of carboxylic acids is 1. The Balaban J connectivity index is 1.41. The Morgan fingerprint density at radius 1 is 0.886 bits per heavy atom. The van der Waals surface area contributed by atoms with E-state index in [2.05, 4.69) is 59.0 Å². The van der Waals surface area contributed by atoms with E-state index in [9.17, 15) is 23.5 Å². The van der Waals surface area contributed by atoms with E-state index in [1.165, 1.54) is 16.7 Å². The quantitative estimate of drug-likeness (QED) is 0.111. The molecule has 1 heterocycles. The van der Waals surface area contributed by atoms with Crippen molar-refractivity contribution >= 4 is 50.8 Å². The number of nitrogens with one attached hydrogen (secondary N) is 1. The Labute approximate surface area is 262 Å². The Morgan fingerprint density at radius 2 is 1.52 bits per heavy atom. The van der Waals surface area contributed by atoms with Crippen molar-refractivity contribution in [2.45, 2.75) is 91.0 Å². The molecule has 0 radical (unpaired) electrons. The minimum absolute atomic E-state index is 0.0798. The molecule has 0 aliphatic rings. The van der Waals surface area contributed by atoms with E-state index in [0.717, 1.165) is 15.3 Å². The van der Waals surface area contributed by atoms with Crippen LogP contribution in [0.3, 0.4) is 0 Å². The fourth-order valence-electron chi connectivity index (χ4n) is 5.79. The summed E-state index contributed by atoms with van der Waals surface area (Å²) in [5.41, 5.74) is 6.27. The number of unbranched alkanes of at least 4 members (excludes halogenated alkanes) is 1. The van der Waals surface area contributed by atoms with E-state index in [1.807, 2.05) is 24.3 Å². The SMILES string of the molecule is CC(C)c1cc(C(C)C)c(CC(=O)NCCCCC(C(=O)O)N(c2ccc3oc4ccccc4c3c2)S(=O)[O-])c(C(C)C)c1. The van der Waals surface area contributed by atoms with E-state index in [0.29, 0.717) is 41.9 Å². The van der Waals surface area contributed by atoms with E-state index in [1.54, 1.807) is 18.2 Å². The molecule has 0 aliphatic heterocycles. The maximum absolute atomic E-state index is 13.0. The van der Waals surface area contributed by atoms with E-state index < -0.39 is 23.3 Å². The number of amides is 1. The van der Waals surface area contributed by atoms with Crippen LogP contribution in [0.4, 0.5) is 5.69 Å². The molecule has 0 saturated carbocycles. The predicted octanol–water partition coefficient (Wildman–Crippen LogP) is 7.54. The first-order valence-corrected chi connectivity index (χ1v) is 16.4. The van der Waals surface area contributed by atoms with Gasteiger partial charge >= 0.3 is 5.97 Å². The van der Waals surface area contributed by atoms with Crippen LogP contribution in [-0.4, -0.2) is 38.3 Å². The summed E-state index contributed by atoms with van der Waals surface area (Å²) in [6.45, 7) is 13.3. The van der Waals surface area contributed by atoms with Crippen molar-refractivity contribution in [1.82, 2.24) is 5.32 Å². The first-order chi connectivity index (χ1) is 20.9. The average molecular weight is 620 g/mol. The van der Waals surface area contributed by atoms with Crippen molar-refractivity contribution in [2.24, 2.45) is 0 Å². The van der Waals surface area contributed by atoms with Gasteiger partial charge in [0.2, 0.25) is 5.91 Å². The highest BCUT2D eigenvalue weighted by atomic mass is 32.2. The van der Waals surface area contributed by atoms with Gasteiger partial charge < -0.3 is 19.4 Å². The molecule has 2 unspecified atom stereocenters. The van der Waals surface area contributed by atoms with Crippen LogP contribution >= 0.6 is 0 Å². The fraction of sp³-hybridized carbons (Fsp3) is 0.429. The van der Waals surface area contributed by atoms with Crippen LogP contribution < -0.4 is 9.62 Å². The summed E-state index contributed by atoms with van der Waals surface area (Å²) in [7, 11) is 0. The van der Waals surface area contributed by atoms with Crippen molar-refractivity contribution in [1.29, 1.82) is 0 Å². The van der Waals surface area contributed by atoms with E-state index in [-0.39, 0.29) is 36.3 Å². The molecule has 0 bridgehead atoms. The first kappa shape index (κ1) is 33.2. The lowest BCUT2D eigenvalue weighted by atomic mass is 9.83. The standard InChI is InChI=1S/C35H44N2O6S/c1-21(2)24-17-27(22(3)4)29(28(18-24)23(5)6)20-34(38)36-16-10-9-12-31(35(39)40)37(44(41)42)25-14-15-33-30(19-25)26-11-7-8-13-32(26)43-33/h7-8,11,13-15,17-19,21-23,31H,9-10,12,16,20H2,1-6H3,(H,36,38)(H,39,40)(H,41,42)/p-1. The number of hydrogen-bond donors (Lipinski definition) is 2. The number of rotatable bonds is 14. The summed E-state index contributed by atoms with van der Waals surface area (Å²) >= 11 is -2.82. The summed E-state index contributed by atoms with van der Waals surface area (Å²) in [6, 6.07) is 15.4. The Morgan fingerprint density at radius 3 is 2.11 bits per heavy atom. The number of benzene rings is 3. The van der Waals surface area contributed by atoms with Gasteiger partial charge in [-0.15, -0.1) is 0 Å². The van der Waals surface area contributed by atoms with Crippen LogP contribution in [0.15, 0.2) is 59.0 Å². The fourth-order valence-corrected chi connectivity index (χ4v) is 6.47. The summed E-state index contributed by atoms with van der Waals surface area (Å²) in [5.74, 6) is -0.355. The highest BCUT2D eigenvalue weighted by molar-refractivity contribution is 7.80. The van der Waals surface area contributed by atoms with Gasteiger partial charge in [0.1, 0.15) is 17.2 Å². The lowest BCUT2D eigenvalue weighted by molar-refractivity contribution is -0.138. The van der Waals surface area contributed by atoms with Gasteiger partial charge in [-0.25, -0.2) is 4.79 Å². The average Bonchev–Trinajstić information content (AvgIpc) is 3.33. The van der Waals surface area contributed by atoms with Crippen molar-refractivity contribution in [3.8, 4) is 0 Å². The van der Waals surface area contributed by atoms with Gasteiger partial charge in [-0.2, -0.15) is 0 Å². The summed E-state index contributed by atoms with van der Waals surface area (Å²) < 4.78 is 31.4. The van der Waals surface area contributed by atoms with Crippen LogP contribution in [0.5, 0.6) is 0 Å². The number of carboxylic acid groups (broad SMARTS) is 1. The number of fused-ring (bicyclic) bond motifs is 3. The minimum atomic E-state index is -2.82. The van der Waals surface area contributed by atoms with Gasteiger partial charge in [0.25, 0.3) is 0 Å². The zero-order valence-corrected chi connectivity index (χ0v) is 27.2. The number of anilines is 1. The zero-order valence-electron chi connectivity index (χ0n) is 26.4. The highest BCUT2D eigenvalue weighted by Crippen LogP contribution is 2.34. The zero-order chi connectivity index (χ0) is 32.1. The topological polar surface area (TPSA) is 123 Å². The number of carbonyl (C=O) groups is 2. The van der Waals surface area contributed by atoms with Crippen molar-refractivity contribution < 1.29 is 27.9 Å². The third kappa shape index (κ3) is 7.50. The molecule has 1 aromatic heterocycles. The second-order valence-electron chi connectivity index (χ2n) is 12.3. The van der Waals surface area contributed by atoms with Crippen LogP contribution in [0.25, 0.3) is 21.9 Å². The third-order valence-electron chi connectivity index (χ3n) is 8.16. The molecular weight excluding hydrogens is 576 g/mol. The van der Waals surface area contributed by atoms with Crippen LogP contribution in [-0.2, 0) is 27.3 Å². The molecular formula is C35H43N2O6S-. The van der Waals surface area contributed by atoms with E-state index in [4.69, 9.17) is 4.42 Å². The number of para-hydroxylation sites is 1. The normalized spacial score (nSPS) is 13.2. The maximum atomic E-state index is 13.0. The Bertz CT molecular complexity index is 1630. The summed E-state index contributed by atoms with van der Waals surface area (Å²) in [6.07, 6.45) is 1.31. The van der Waals surface area contributed by atoms with E-state index >= 15 is 0 Å². The van der Waals surface area contributed by atoms with Crippen molar-refractivity contribution in [3.63, 3.8) is 0 Å². The molecule has 9 heteroatoms. The molecule has 0 fully saturated rings. The summed E-state index contributed by atoms with van der Waals surface area (Å²) in [4.78, 5) is 25.3. The van der Waals surface area contributed by atoms with Crippen molar-refractivity contribution in [3.05, 3.63) is 76.9 Å². The molecule has 4 aromatic rings. The van der Waals surface area contributed by atoms with Crippen LogP contribution in [0, 0.1) is 0 Å². The van der Waals surface area contributed by atoms with Gasteiger partial charge in [-0.3, -0.25) is 13.3 Å². The molecule has 236 valence electrons. The maximum Gasteiger partial charge on any atom is 0.327 e. The molecule has 44 heavy (non-hydrogen) atoms. The molecule has 0 saturated heterocycles. The molecule has 2 atom stereocenters. The number of nitrogens with zero attached hydrogens (tertiary/aromatic N) is 1. The monoisotopic (exact) mass is 619 g/mol. The second kappa shape index (κ2) is 14.4. The molecule has 0 spiro atoms. The molecule has 1 amide bonds. The number of carbonyl (C=O) groups excluding carboxylic acids is 1. The summed E-state index contributed by atoms with van der Waals surface area (Å²) in [5, 5.41) is 14.5. The van der Waals surface area contributed by atoms with Gasteiger partial charge in [0.05, 0.1) is 12.1 Å². The van der Waals surface area contributed by atoms with Gasteiger partial charge in [-0.05, 0) is 83.5 Å². The largest absolute Gasteiger partial charge is 0.755 e. The van der Waals surface area contributed by atoms with Gasteiger partial charge in [-0.1, -0.05) is 71.9 Å². The lowest BCUT2D eigenvalue weighted by Gasteiger charge is -2.32. The molecule has 8 nitrogen and oxygen atoms in total. The Hall–Kier alpha value is -3.69. The van der Waals surface area contributed by atoms with Gasteiger partial charge in [0, 0.05) is 28.6 Å². The minimum Gasteiger partial charge on any atom is -0.755 e. The lowest BCUT2D eigenvalue weighted by Crippen LogP contribution is -2.42. The smallest absolute Gasteiger partial charge is 0.327 e. The van der Waals surface area contributed by atoms with Crippen molar-refractivity contribution in [2.75, 3.05) is 10.8 Å². The van der Waals surface area contributed by atoms with Gasteiger partial charge in [0.15, 0.2) is 0 Å². The molecule has 4 rings (SSSR count). The third-order valence-corrected chi connectivity index (χ3v) is 8.95. The van der Waals surface area contributed by atoms with Crippen LogP contribution in [0.1, 0.15) is 101 Å². The first-order valence-electron chi connectivity index (χ1n) is 15.3. The second-order valence-corrected chi connectivity index (χ2v) is 13.2. The molecule has 2 N–H and O–H groups in total. The predicted molar refractivity (Wildman–Crippen MR) is 176 cm³/mol. The highest BCUT2D eigenvalue weighted by Gasteiger charge is 2.27. The number of aliphatic carboxylic acids is 1. The number of hydrogen-bond acceptors (Lipinski definition) is 5. The Kier molecular flexibility index (Phi) is 10.9.